The molecule has 31 heavy (non-hydrogen) atoms. The smallest absolute Gasteiger partial charge is 0.279 e. The van der Waals surface area contributed by atoms with Gasteiger partial charge in [-0.15, -0.1) is 0 Å². The van der Waals surface area contributed by atoms with Crippen LogP contribution >= 0.6 is 0 Å². The van der Waals surface area contributed by atoms with Gasteiger partial charge in [-0.05, 0) is 30.3 Å². The lowest BCUT2D eigenvalue weighted by Gasteiger charge is -2.23. The number of carbonyl (C=O) groups excluding carboxylic acids is 1. The molecule has 6 heteroatoms. The Kier molecular flexibility index (Phi) is 7.10. The van der Waals surface area contributed by atoms with Crippen molar-refractivity contribution in [1.29, 1.82) is 0 Å². The van der Waals surface area contributed by atoms with Crippen LogP contribution in [0.3, 0.4) is 0 Å². The number of anilines is 1. The molecule has 0 radical (unpaired) electrons. The first-order chi connectivity index (χ1) is 15.2. The van der Waals surface area contributed by atoms with Gasteiger partial charge in [0.25, 0.3) is 5.91 Å². The number of nitrogens with one attached hydrogen (secondary N) is 3. The van der Waals surface area contributed by atoms with Crippen LogP contribution in [0.2, 0.25) is 0 Å². The van der Waals surface area contributed by atoms with Gasteiger partial charge < -0.3 is 24.6 Å². The molecule has 2 atom stereocenters. The fourth-order valence-electron chi connectivity index (χ4n) is 5.07. The van der Waals surface area contributed by atoms with Crippen molar-refractivity contribution in [1.82, 2.24) is 0 Å². The molecule has 2 aromatic rings. The SMILES string of the molecule is COc1ccc(OC)c([C@H]2CCC[NH+]2CC(=O)Nc2ccc(C[NH+]3CCCC3)cc2)c1. The Morgan fingerprint density at radius 2 is 1.77 bits per heavy atom. The first-order valence-electron chi connectivity index (χ1n) is 11.4. The van der Waals surface area contributed by atoms with E-state index in [9.17, 15) is 4.79 Å². The number of ether oxygens (including phenoxy) is 2. The largest absolute Gasteiger partial charge is 0.497 e. The normalized spacial score (nSPS) is 21.2. The summed E-state index contributed by atoms with van der Waals surface area (Å²) in [7, 11) is 3.37. The van der Waals surface area contributed by atoms with E-state index in [2.05, 4.69) is 17.4 Å². The Bertz CT molecular complexity index is 878. The molecule has 4 rings (SSSR count). The number of rotatable bonds is 8. The minimum Gasteiger partial charge on any atom is -0.497 e. The summed E-state index contributed by atoms with van der Waals surface area (Å²) in [6.45, 7) is 5.06. The lowest BCUT2D eigenvalue weighted by molar-refractivity contribution is -0.910. The second-order valence-corrected chi connectivity index (χ2v) is 8.77. The topological polar surface area (TPSA) is 56.4 Å². The van der Waals surface area contributed by atoms with E-state index < -0.39 is 0 Å². The van der Waals surface area contributed by atoms with Gasteiger partial charge in [-0.3, -0.25) is 4.79 Å². The van der Waals surface area contributed by atoms with Crippen molar-refractivity contribution in [3.05, 3.63) is 53.6 Å². The summed E-state index contributed by atoms with van der Waals surface area (Å²) in [5, 5.41) is 3.09. The van der Waals surface area contributed by atoms with Gasteiger partial charge in [0.15, 0.2) is 6.54 Å². The van der Waals surface area contributed by atoms with Crippen LogP contribution in [0.5, 0.6) is 11.5 Å². The van der Waals surface area contributed by atoms with E-state index in [0.29, 0.717) is 6.54 Å². The highest BCUT2D eigenvalue weighted by molar-refractivity contribution is 5.91. The lowest BCUT2D eigenvalue weighted by atomic mass is 10.0. The number of likely N-dealkylation sites (tertiary alicyclic amines) is 2. The van der Waals surface area contributed by atoms with Crippen LogP contribution in [-0.4, -0.2) is 46.3 Å². The zero-order chi connectivity index (χ0) is 21.6. The predicted molar refractivity (Wildman–Crippen MR) is 121 cm³/mol. The first kappa shape index (κ1) is 21.7. The number of benzene rings is 2. The second-order valence-electron chi connectivity index (χ2n) is 8.77. The molecule has 166 valence electrons. The molecule has 0 spiro atoms. The summed E-state index contributed by atoms with van der Waals surface area (Å²) in [5.74, 6) is 1.74. The third-order valence-corrected chi connectivity index (χ3v) is 6.69. The maximum absolute atomic E-state index is 12.8. The van der Waals surface area contributed by atoms with Crippen molar-refractivity contribution >= 4 is 11.6 Å². The van der Waals surface area contributed by atoms with Crippen LogP contribution in [0.15, 0.2) is 42.5 Å². The maximum Gasteiger partial charge on any atom is 0.279 e. The summed E-state index contributed by atoms with van der Waals surface area (Å²) in [6.07, 6.45) is 4.82. The molecular weight excluding hydrogens is 390 g/mol. The standard InChI is InChI=1S/C25H33N3O3/c1-30-21-11-12-24(31-2)22(16-21)23-6-5-15-28(23)18-25(29)26-20-9-7-19(8-10-20)17-27-13-3-4-14-27/h7-12,16,23H,3-6,13-15,17-18H2,1-2H3,(H,26,29)/p+2/t23-/m1/s1. The summed E-state index contributed by atoms with van der Waals surface area (Å²) >= 11 is 0. The lowest BCUT2D eigenvalue weighted by Crippen LogP contribution is -3.11. The summed E-state index contributed by atoms with van der Waals surface area (Å²) in [4.78, 5) is 15.7. The van der Waals surface area contributed by atoms with Gasteiger partial charge in [0, 0.05) is 36.9 Å². The Balaban J connectivity index is 1.36. The minimum atomic E-state index is 0.0571. The van der Waals surface area contributed by atoms with E-state index in [1.54, 1.807) is 19.1 Å². The number of hydrogen-bond donors (Lipinski definition) is 3. The van der Waals surface area contributed by atoms with E-state index >= 15 is 0 Å². The fraction of sp³-hybridized carbons (Fsp3) is 0.480. The molecule has 2 heterocycles. The Labute approximate surface area is 185 Å². The Morgan fingerprint density at radius 3 is 2.48 bits per heavy atom. The zero-order valence-corrected chi connectivity index (χ0v) is 18.7. The first-order valence-corrected chi connectivity index (χ1v) is 11.4. The molecule has 0 saturated carbocycles. The van der Waals surface area contributed by atoms with Crippen LogP contribution in [0, 0.1) is 0 Å². The van der Waals surface area contributed by atoms with Crippen LogP contribution in [0.4, 0.5) is 5.69 Å². The number of quaternary nitrogens is 2. The van der Waals surface area contributed by atoms with Crippen LogP contribution in [-0.2, 0) is 11.3 Å². The monoisotopic (exact) mass is 425 g/mol. The van der Waals surface area contributed by atoms with Crippen LogP contribution in [0.1, 0.15) is 42.9 Å². The van der Waals surface area contributed by atoms with Gasteiger partial charge in [0.05, 0.1) is 39.4 Å². The van der Waals surface area contributed by atoms with E-state index in [0.717, 1.165) is 48.7 Å². The van der Waals surface area contributed by atoms with Crippen molar-refractivity contribution in [2.45, 2.75) is 38.3 Å². The van der Waals surface area contributed by atoms with Crippen molar-refractivity contribution in [3.8, 4) is 11.5 Å². The van der Waals surface area contributed by atoms with E-state index in [1.807, 2.05) is 30.3 Å². The summed E-state index contributed by atoms with van der Waals surface area (Å²) < 4.78 is 11.0. The van der Waals surface area contributed by atoms with Crippen molar-refractivity contribution < 1.29 is 24.1 Å². The van der Waals surface area contributed by atoms with E-state index in [4.69, 9.17) is 9.47 Å². The maximum atomic E-state index is 12.8. The third-order valence-electron chi connectivity index (χ3n) is 6.69. The molecule has 2 aliphatic heterocycles. The fourth-order valence-corrected chi connectivity index (χ4v) is 5.07. The molecule has 3 N–H and O–H groups in total. The molecule has 2 aromatic carbocycles. The van der Waals surface area contributed by atoms with Gasteiger partial charge in [-0.2, -0.15) is 0 Å². The van der Waals surface area contributed by atoms with Crippen LogP contribution in [0.25, 0.3) is 0 Å². The quantitative estimate of drug-likeness (QED) is 0.597. The van der Waals surface area contributed by atoms with Crippen molar-refractivity contribution in [2.24, 2.45) is 0 Å². The van der Waals surface area contributed by atoms with E-state index in [-0.39, 0.29) is 11.9 Å². The van der Waals surface area contributed by atoms with Gasteiger partial charge in [0.1, 0.15) is 24.1 Å². The number of amides is 1. The van der Waals surface area contributed by atoms with Gasteiger partial charge >= 0.3 is 0 Å². The molecule has 6 nitrogen and oxygen atoms in total. The average molecular weight is 426 g/mol. The summed E-state index contributed by atoms with van der Waals surface area (Å²) in [6, 6.07) is 14.5. The number of methoxy groups -OCH3 is 2. The minimum absolute atomic E-state index is 0.0571. The van der Waals surface area contributed by atoms with Crippen molar-refractivity contribution in [2.75, 3.05) is 45.7 Å². The van der Waals surface area contributed by atoms with Crippen LogP contribution < -0.4 is 24.6 Å². The van der Waals surface area contributed by atoms with Crippen molar-refractivity contribution in [3.63, 3.8) is 0 Å². The second kappa shape index (κ2) is 10.2. The molecule has 2 saturated heterocycles. The molecule has 0 aliphatic carbocycles. The molecule has 0 bridgehead atoms. The molecule has 1 unspecified atom stereocenters. The molecule has 2 aliphatic rings. The number of carbonyl (C=O) groups is 1. The molecule has 1 amide bonds. The van der Waals surface area contributed by atoms with Gasteiger partial charge in [-0.25, -0.2) is 0 Å². The Hall–Kier alpha value is -2.57. The third kappa shape index (κ3) is 5.38. The number of hydrogen-bond acceptors (Lipinski definition) is 3. The molecular formula is C25H35N3O3+2. The highest BCUT2D eigenvalue weighted by Crippen LogP contribution is 2.31. The van der Waals surface area contributed by atoms with Gasteiger partial charge in [-0.1, -0.05) is 12.1 Å². The summed E-state index contributed by atoms with van der Waals surface area (Å²) in [5.41, 5.74) is 3.33. The molecule has 0 aromatic heterocycles. The zero-order valence-electron chi connectivity index (χ0n) is 18.7. The average Bonchev–Trinajstić information content (AvgIpc) is 3.46. The van der Waals surface area contributed by atoms with E-state index in [1.165, 1.54) is 36.4 Å². The highest BCUT2D eigenvalue weighted by Gasteiger charge is 2.34. The Morgan fingerprint density at radius 1 is 1.00 bits per heavy atom. The molecule has 2 fully saturated rings. The predicted octanol–water partition coefficient (Wildman–Crippen LogP) is 1.24. The highest BCUT2D eigenvalue weighted by atomic mass is 16.5. The van der Waals surface area contributed by atoms with Gasteiger partial charge in [0.2, 0.25) is 0 Å².